The zero-order chi connectivity index (χ0) is 16.9. The smallest absolute Gasteiger partial charge is 0.294 e. The van der Waals surface area contributed by atoms with Gasteiger partial charge in [0.15, 0.2) is 0 Å². The fourth-order valence-corrected chi connectivity index (χ4v) is 2.36. The van der Waals surface area contributed by atoms with E-state index in [2.05, 4.69) is 20.6 Å². The molecule has 0 spiro atoms. The molecule has 1 heterocycles. The molecule has 8 nitrogen and oxygen atoms in total. The van der Waals surface area contributed by atoms with Gasteiger partial charge in [-0.25, -0.2) is 0 Å². The Hall–Kier alpha value is -2.39. The van der Waals surface area contributed by atoms with Gasteiger partial charge in [0.1, 0.15) is 5.82 Å². The summed E-state index contributed by atoms with van der Waals surface area (Å²) in [6.07, 6.45) is 0. The molecule has 2 rings (SSSR count). The first-order valence-electron chi connectivity index (χ1n) is 7.02. The SMILES string of the molecule is CCNc1nc(Nc2cccc(S(=O)(=O)O)c2)cc(OCC)n1. The van der Waals surface area contributed by atoms with E-state index in [9.17, 15) is 8.42 Å². The van der Waals surface area contributed by atoms with Crippen LogP contribution in [0.15, 0.2) is 35.2 Å². The second-order valence-electron chi connectivity index (χ2n) is 4.51. The number of ether oxygens (including phenoxy) is 1. The molecule has 0 bridgehead atoms. The monoisotopic (exact) mass is 338 g/mol. The van der Waals surface area contributed by atoms with Crippen molar-refractivity contribution in [1.29, 1.82) is 0 Å². The second kappa shape index (κ2) is 7.25. The van der Waals surface area contributed by atoms with Gasteiger partial charge in [0.05, 0.1) is 11.5 Å². The summed E-state index contributed by atoms with van der Waals surface area (Å²) >= 11 is 0. The molecule has 1 aromatic heterocycles. The topological polar surface area (TPSA) is 113 Å². The summed E-state index contributed by atoms with van der Waals surface area (Å²) in [5.41, 5.74) is 0.462. The van der Waals surface area contributed by atoms with E-state index in [-0.39, 0.29) is 4.90 Å². The van der Waals surface area contributed by atoms with E-state index >= 15 is 0 Å². The first kappa shape index (κ1) is 17.0. The molecular weight excluding hydrogens is 320 g/mol. The van der Waals surface area contributed by atoms with Gasteiger partial charge in [-0.3, -0.25) is 4.55 Å². The number of benzene rings is 1. The average molecular weight is 338 g/mol. The van der Waals surface area contributed by atoms with Crippen LogP contribution in [0.25, 0.3) is 0 Å². The van der Waals surface area contributed by atoms with Gasteiger partial charge >= 0.3 is 0 Å². The molecule has 2 aromatic rings. The summed E-state index contributed by atoms with van der Waals surface area (Å²) in [5, 5.41) is 5.96. The first-order valence-corrected chi connectivity index (χ1v) is 8.46. The molecule has 0 saturated carbocycles. The summed E-state index contributed by atoms with van der Waals surface area (Å²) in [6, 6.07) is 7.39. The molecule has 0 amide bonds. The predicted molar refractivity (Wildman–Crippen MR) is 86.9 cm³/mol. The summed E-state index contributed by atoms with van der Waals surface area (Å²) < 4.78 is 36.9. The molecule has 23 heavy (non-hydrogen) atoms. The Morgan fingerprint density at radius 2 is 2.00 bits per heavy atom. The fourth-order valence-electron chi connectivity index (χ4n) is 1.83. The van der Waals surface area contributed by atoms with Crippen molar-refractivity contribution in [2.75, 3.05) is 23.8 Å². The molecule has 0 radical (unpaired) electrons. The molecule has 3 N–H and O–H groups in total. The van der Waals surface area contributed by atoms with Gasteiger partial charge in [-0.1, -0.05) is 6.07 Å². The standard InChI is InChI=1S/C14H18N4O4S/c1-3-15-14-17-12(9-13(18-14)22-4-2)16-10-6-5-7-11(8-10)23(19,20)21/h5-9H,3-4H2,1-2H3,(H,19,20,21)(H2,15,16,17,18). The third-order valence-corrected chi connectivity index (χ3v) is 3.58. The van der Waals surface area contributed by atoms with E-state index in [1.807, 2.05) is 13.8 Å². The van der Waals surface area contributed by atoms with Crippen LogP contribution in [0.2, 0.25) is 0 Å². The zero-order valence-corrected chi connectivity index (χ0v) is 13.6. The number of aromatic nitrogens is 2. The normalized spacial score (nSPS) is 11.1. The quantitative estimate of drug-likeness (QED) is 0.659. The highest BCUT2D eigenvalue weighted by Crippen LogP contribution is 2.22. The highest BCUT2D eigenvalue weighted by Gasteiger charge is 2.11. The molecule has 124 valence electrons. The molecule has 9 heteroatoms. The van der Waals surface area contributed by atoms with Gasteiger partial charge in [0.2, 0.25) is 11.8 Å². The van der Waals surface area contributed by atoms with E-state index < -0.39 is 10.1 Å². The van der Waals surface area contributed by atoms with Crippen LogP contribution in [-0.4, -0.2) is 36.1 Å². The van der Waals surface area contributed by atoms with Crippen molar-refractivity contribution in [1.82, 2.24) is 9.97 Å². The van der Waals surface area contributed by atoms with E-state index in [4.69, 9.17) is 9.29 Å². The third kappa shape index (κ3) is 4.80. The Morgan fingerprint density at radius 1 is 1.22 bits per heavy atom. The van der Waals surface area contributed by atoms with E-state index in [0.29, 0.717) is 36.5 Å². The summed E-state index contributed by atoms with van der Waals surface area (Å²) in [5.74, 6) is 1.23. The van der Waals surface area contributed by atoms with Gasteiger partial charge in [-0.2, -0.15) is 18.4 Å². The van der Waals surface area contributed by atoms with Crippen molar-refractivity contribution in [3.8, 4) is 5.88 Å². The van der Waals surface area contributed by atoms with Crippen LogP contribution in [0, 0.1) is 0 Å². The van der Waals surface area contributed by atoms with Crippen LogP contribution < -0.4 is 15.4 Å². The van der Waals surface area contributed by atoms with Gasteiger partial charge < -0.3 is 15.4 Å². The second-order valence-corrected chi connectivity index (χ2v) is 5.93. The van der Waals surface area contributed by atoms with Crippen molar-refractivity contribution < 1.29 is 17.7 Å². The zero-order valence-electron chi connectivity index (χ0n) is 12.8. The lowest BCUT2D eigenvalue weighted by molar-refractivity contribution is 0.327. The minimum absolute atomic E-state index is 0.200. The molecule has 0 atom stereocenters. The number of hydrogen-bond donors (Lipinski definition) is 3. The van der Waals surface area contributed by atoms with Gasteiger partial charge in [-0.05, 0) is 32.0 Å². The minimum Gasteiger partial charge on any atom is -0.478 e. The first-order chi connectivity index (χ1) is 10.9. The summed E-state index contributed by atoms with van der Waals surface area (Å²) in [4.78, 5) is 8.26. The maximum absolute atomic E-state index is 11.2. The summed E-state index contributed by atoms with van der Waals surface area (Å²) in [6.45, 7) is 4.87. The molecule has 0 unspecified atom stereocenters. The third-order valence-electron chi connectivity index (χ3n) is 2.73. The highest BCUT2D eigenvalue weighted by atomic mass is 32.2. The summed E-state index contributed by atoms with van der Waals surface area (Å²) in [7, 11) is -4.26. The van der Waals surface area contributed by atoms with Gasteiger partial charge in [0, 0.05) is 18.3 Å². The predicted octanol–water partition coefficient (Wildman–Crippen LogP) is 2.30. The molecular formula is C14H18N4O4S. The van der Waals surface area contributed by atoms with Crippen LogP contribution >= 0.6 is 0 Å². The Bertz CT molecular complexity index is 756. The molecule has 0 aliphatic carbocycles. The molecule has 0 aliphatic heterocycles. The van der Waals surface area contributed by atoms with Crippen LogP contribution in [0.1, 0.15) is 13.8 Å². The Labute approximate surface area is 134 Å². The van der Waals surface area contributed by atoms with E-state index in [1.54, 1.807) is 12.1 Å². The number of rotatable bonds is 7. The number of nitrogens with one attached hydrogen (secondary N) is 2. The fraction of sp³-hybridized carbons (Fsp3) is 0.286. The van der Waals surface area contributed by atoms with E-state index in [0.717, 1.165) is 0 Å². The number of nitrogens with zero attached hydrogens (tertiary/aromatic N) is 2. The van der Waals surface area contributed by atoms with Crippen molar-refractivity contribution >= 4 is 27.6 Å². The van der Waals surface area contributed by atoms with E-state index in [1.165, 1.54) is 18.2 Å². The highest BCUT2D eigenvalue weighted by molar-refractivity contribution is 7.85. The molecule has 0 fully saturated rings. The Morgan fingerprint density at radius 3 is 2.65 bits per heavy atom. The van der Waals surface area contributed by atoms with Crippen LogP contribution in [0.4, 0.5) is 17.5 Å². The Kier molecular flexibility index (Phi) is 5.35. The maximum atomic E-state index is 11.2. The molecule has 0 saturated heterocycles. The molecule has 1 aromatic carbocycles. The average Bonchev–Trinajstić information content (AvgIpc) is 2.47. The number of hydrogen-bond acceptors (Lipinski definition) is 7. The van der Waals surface area contributed by atoms with Crippen molar-refractivity contribution in [3.63, 3.8) is 0 Å². The lowest BCUT2D eigenvalue weighted by Crippen LogP contribution is -2.06. The van der Waals surface area contributed by atoms with Crippen LogP contribution in [0.3, 0.4) is 0 Å². The molecule has 0 aliphatic rings. The van der Waals surface area contributed by atoms with Crippen LogP contribution in [0.5, 0.6) is 5.88 Å². The maximum Gasteiger partial charge on any atom is 0.294 e. The van der Waals surface area contributed by atoms with Crippen molar-refractivity contribution in [3.05, 3.63) is 30.3 Å². The van der Waals surface area contributed by atoms with Crippen LogP contribution in [-0.2, 0) is 10.1 Å². The van der Waals surface area contributed by atoms with Gasteiger partial charge in [0.25, 0.3) is 10.1 Å². The lowest BCUT2D eigenvalue weighted by Gasteiger charge is -2.11. The lowest BCUT2D eigenvalue weighted by atomic mass is 10.3. The minimum atomic E-state index is -4.26. The largest absolute Gasteiger partial charge is 0.478 e. The van der Waals surface area contributed by atoms with Gasteiger partial charge in [-0.15, -0.1) is 0 Å². The Balaban J connectivity index is 2.31. The van der Waals surface area contributed by atoms with Crippen molar-refractivity contribution in [2.45, 2.75) is 18.7 Å². The van der Waals surface area contributed by atoms with Crippen molar-refractivity contribution in [2.24, 2.45) is 0 Å². The number of anilines is 3.